The van der Waals surface area contributed by atoms with Crippen LogP contribution in [0, 0.1) is 11.3 Å². The fraction of sp³-hybridized carbons (Fsp3) is 0.444. The zero-order valence-electron chi connectivity index (χ0n) is 7.17. The fourth-order valence-corrected chi connectivity index (χ4v) is 0.992. The van der Waals surface area contributed by atoms with Gasteiger partial charge in [0.15, 0.2) is 0 Å². The molecule has 1 heterocycles. The van der Waals surface area contributed by atoms with Gasteiger partial charge in [-0.2, -0.15) is 5.26 Å². The van der Waals surface area contributed by atoms with Crippen molar-refractivity contribution in [1.29, 1.82) is 5.26 Å². The standard InChI is InChI=1S/C9H13N3/c1-8(7-10)11-6-4-9-3-2-5-12-9/h2-3,5,8,11-12H,4,6H2,1H3. The van der Waals surface area contributed by atoms with Gasteiger partial charge in [-0.1, -0.05) is 0 Å². The normalized spacial score (nSPS) is 12.3. The molecular weight excluding hydrogens is 150 g/mol. The van der Waals surface area contributed by atoms with Crippen molar-refractivity contribution in [3.8, 4) is 6.07 Å². The molecule has 0 radical (unpaired) electrons. The third kappa shape index (κ3) is 2.77. The largest absolute Gasteiger partial charge is 0.365 e. The Kier molecular flexibility index (Phi) is 3.36. The SMILES string of the molecule is CC(C#N)NCCc1ccc[nH]1. The molecule has 0 bridgehead atoms. The number of aromatic amines is 1. The van der Waals surface area contributed by atoms with Gasteiger partial charge in [-0.3, -0.25) is 0 Å². The van der Waals surface area contributed by atoms with Crippen molar-refractivity contribution < 1.29 is 0 Å². The molecule has 1 unspecified atom stereocenters. The van der Waals surface area contributed by atoms with E-state index in [9.17, 15) is 0 Å². The van der Waals surface area contributed by atoms with Crippen LogP contribution in [0.4, 0.5) is 0 Å². The number of nitriles is 1. The number of nitrogens with one attached hydrogen (secondary N) is 2. The number of aromatic nitrogens is 1. The second-order valence-electron chi connectivity index (χ2n) is 2.75. The summed E-state index contributed by atoms with van der Waals surface area (Å²) in [4.78, 5) is 3.11. The summed E-state index contributed by atoms with van der Waals surface area (Å²) < 4.78 is 0. The predicted molar refractivity (Wildman–Crippen MR) is 47.6 cm³/mol. The van der Waals surface area contributed by atoms with Crippen molar-refractivity contribution >= 4 is 0 Å². The first-order valence-corrected chi connectivity index (χ1v) is 4.08. The zero-order valence-corrected chi connectivity index (χ0v) is 7.17. The number of hydrogen-bond donors (Lipinski definition) is 2. The Morgan fingerprint density at radius 3 is 3.17 bits per heavy atom. The van der Waals surface area contributed by atoms with Crippen molar-refractivity contribution in [1.82, 2.24) is 10.3 Å². The molecule has 1 aromatic rings. The van der Waals surface area contributed by atoms with Gasteiger partial charge >= 0.3 is 0 Å². The number of rotatable bonds is 4. The highest BCUT2D eigenvalue weighted by atomic mass is 14.9. The molecule has 3 heteroatoms. The monoisotopic (exact) mass is 163 g/mol. The topological polar surface area (TPSA) is 51.6 Å². The molecule has 0 aliphatic rings. The lowest BCUT2D eigenvalue weighted by Crippen LogP contribution is -2.26. The van der Waals surface area contributed by atoms with Crippen LogP contribution in [0.1, 0.15) is 12.6 Å². The quantitative estimate of drug-likeness (QED) is 0.697. The van der Waals surface area contributed by atoms with E-state index in [0.717, 1.165) is 13.0 Å². The Labute approximate surface area is 72.4 Å². The van der Waals surface area contributed by atoms with E-state index in [1.165, 1.54) is 5.69 Å². The van der Waals surface area contributed by atoms with E-state index >= 15 is 0 Å². The van der Waals surface area contributed by atoms with Crippen LogP contribution >= 0.6 is 0 Å². The summed E-state index contributed by atoms with van der Waals surface area (Å²) in [7, 11) is 0. The highest BCUT2D eigenvalue weighted by Gasteiger charge is 1.97. The summed E-state index contributed by atoms with van der Waals surface area (Å²) in [5.41, 5.74) is 1.20. The molecular formula is C9H13N3. The minimum absolute atomic E-state index is 0.0556. The molecule has 64 valence electrons. The third-order valence-electron chi connectivity index (χ3n) is 1.70. The number of hydrogen-bond acceptors (Lipinski definition) is 2. The lowest BCUT2D eigenvalue weighted by atomic mass is 10.3. The molecule has 0 fully saturated rings. The maximum Gasteiger partial charge on any atom is 0.0924 e. The van der Waals surface area contributed by atoms with Crippen LogP contribution in [0.2, 0.25) is 0 Å². The average Bonchev–Trinajstić information content (AvgIpc) is 2.57. The molecule has 0 aliphatic carbocycles. The number of H-pyrrole nitrogens is 1. The molecule has 0 aromatic carbocycles. The van der Waals surface area contributed by atoms with Gasteiger partial charge in [-0.15, -0.1) is 0 Å². The molecule has 12 heavy (non-hydrogen) atoms. The van der Waals surface area contributed by atoms with E-state index in [0.29, 0.717) is 0 Å². The van der Waals surface area contributed by atoms with E-state index in [2.05, 4.69) is 16.4 Å². The third-order valence-corrected chi connectivity index (χ3v) is 1.70. The maximum absolute atomic E-state index is 8.47. The molecule has 1 rings (SSSR count). The Hall–Kier alpha value is -1.27. The first-order chi connectivity index (χ1) is 5.83. The molecule has 0 saturated carbocycles. The molecule has 0 amide bonds. The Morgan fingerprint density at radius 2 is 2.58 bits per heavy atom. The summed E-state index contributed by atoms with van der Waals surface area (Å²) in [5.74, 6) is 0. The van der Waals surface area contributed by atoms with Gasteiger partial charge in [0, 0.05) is 18.4 Å². The molecule has 3 nitrogen and oxygen atoms in total. The van der Waals surface area contributed by atoms with E-state index in [1.807, 2.05) is 25.3 Å². The Balaban J connectivity index is 2.16. The minimum atomic E-state index is -0.0556. The predicted octanol–water partition coefficient (Wildman–Crippen LogP) is 1.06. The molecule has 0 spiro atoms. The van der Waals surface area contributed by atoms with Gasteiger partial charge in [-0.25, -0.2) is 0 Å². The minimum Gasteiger partial charge on any atom is -0.365 e. The van der Waals surface area contributed by atoms with Gasteiger partial charge in [-0.05, 0) is 25.5 Å². The second-order valence-corrected chi connectivity index (χ2v) is 2.75. The van der Waals surface area contributed by atoms with Crippen molar-refractivity contribution in [2.75, 3.05) is 6.54 Å². The van der Waals surface area contributed by atoms with Crippen LogP contribution in [0.25, 0.3) is 0 Å². The lowest BCUT2D eigenvalue weighted by molar-refractivity contribution is 0.637. The van der Waals surface area contributed by atoms with Crippen molar-refractivity contribution in [3.05, 3.63) is 24.0 Å². The van der Waals surface area contributed by atoms with Crippen LogP contribution in [0.3, 0.4) is 0 Å². The van der Waals surface area contributed by atoms with E-state index in [4.69, 9.17) is 5.26 Å². The van der Waals surface area contributed by atoms with Gasteiger partial charge in [0.2, 0.25) is 0 Å². The Bertz CT molecular complexity index is 245. The van der Waals surface area contributed by atoms with Crippen LogP contribution in [-0.4, -0.2) is 17.6 Å². The van der Waals surface area contributed by atoms with Crippen LogP contribution in [0.5, 0.6) is 0 Å². The summed E-state index contributed by atoms with van der Waals surface area (Å²) >= 11 is 0. The highest BCUT2D eigenvalue weighted by Crippen LogP contribution is 1.94. The zero-order chi connectivity index (χ0) is 8.81. The van der Waals surface area contributed by atoms with Gasteiger partial charge in [0.25, 0.3) is 0 Å². The summed E-state index contributed by atoms with van der Waals surface area (Å²) in [6.45, 7) is 2.70. The van der Waals surface area contributed by atoms with Crippen LogP contribution in [-0.2, 0) is 6.42 Å². The lowest BCUT2D eigenvalue weighted by Gasteiger charge is -2.03. The van der Waals surface area contributed by atoms with Gasteiger partial charge in [0.05, 0.1) is 12.1 Å². The average molecular weight is 163 g/mol. The molecule has 1 atom stereocenters. The second kappa shape index (κ2) is 4.58. The van der Waals surface area contributed by atoms with Gasteiger partial charge in [0.1, 0.15) is 0 Å². The number of nitrogens with zero attached hydrogens (tertiary/aromatic N) is 1. The smallest absolute Gasteiger partial charge is 0.0924 e. The van der Waals surface area contributed by atoms with Crippen LogP contribution < -0.4 is 5.32 Å². The van der Waals surface area contributed by atoms with Crippen molar-refractivity contribution in [3.63, 3.8) is 0 Å². The molecule has 0 aliphatic heterocycles. The van der Waals surface area contributed by atoms with E-state index in [1.54, 1.807) is 0 Å². The van der Waals surface area contributed by atoms with Gasteiger partial charge < -0.3 is 10.3 Å². The maximum atomic E-state index is 8.47. The van der Waals surface area contributed by atoms with Crippen LogP contribution in [0.15, 0.2) is 18.3 Å². The van der Waals surface area contributed by atoms with E-state index < -0.39 is 0 Å². The first kappa shape index (κ1) is 8.82. The Morgan fingerprint density at radius 1 is 1.75 bits per heavy atom. The molecule has 2 N–H and O–H groups in total. The van der Waals surface area contributed by atoms with E-state index in [-0.39, 0.29) is 6.04 Å². The van der Waals surface area contributed by atoms with Crippen molar-refractivity contribution in [2.45, 2.75) is 19.4 Å². The summed E-state index contributed by atoms with van der Waals surface area (Å²) in [6, 6.07) is 6.08. The summed E-state index contributed by atoms with van der Waals surface area (Å²) in [6.07, 6.45) is 2.85. The first-order valence-electron chi connectivity index (χ1n) is 4.08. The fourth-order valence-electron chi connectivity index (χ4n) is 0.992. The molecule has 1 aromatic heterocycles. The highest BCUT2D eigenvalue weighted by molar-refractivity contribution is 5.04. The summed E-state index contributed by atoms with van der Waals surface area (Å²) in [5, 5.41) is 11.6. The molecule has 0 saturated heterocycles. The van der Waals surface area contributed by atoms with Crippen molar-refractivity contribution in [2.24, 2.45) is 0 Å².